The van der Waals surface area contributed by atoms with Crippen LogP contribution in [-0.4, -0.2) is 34.9 Å². The number of carbonyl (C=O) groups excluding carboxylic acids is 2. The Hall–Kier alpha value is -3.27. The Bertz CT molecular complexity index is 1560. The Labute approximate surface area is 227 Å². The molecule has 0 spiro atoms. The molecular weight excluding hydrogens is 521 g/mol. The fourth-order valence-corrected chi connectivity index (χ4v) is 4.53. The Morgan fingerprint density at radius 1 is 1.18 bits per heavy atom. The highest BCUT2D eigenvalue weighted by Gasteiger charge is 2.54. The highest BCUT2D eigenvalue weighted by Crippen LogP contribution is 2.51. The van der Waals surface area contributed by atoms with E-state index in [2.05, 4.69) is 4.98 Å². The smallest absolute Gasteiger partial charge is 0.396 e. The summed E-state index contributed by atoms with van der Waals surface area (Å²) >= 11 is 6.00. The van der Waals surface area contributed by atoms with Crippen molar-refractivity contribution in [2.45, 2.75) is 38.1 Å². The summed E-state index contributed by atoms with van der Waals surface area (Å²) in [5.74, 6) is -1.17. The van der Waals surface area contributed by atoms with E-state index in [9.17, 15) is 27.9 Å². The summed E-state index contributed by atoms with van der Waals surface area (Å²) in [5, 5.41) is 10.6. The van der Waals surface area contributed by atoms with Crippen molar-refractivity contribution in [3.05, 3.63) is 93.8 Å². The molecule has 1 aliphatic carbocycles. The van der Waals surface area contributed by atoms with Crippen LogP contribution in [-0.2, 0) is 23.1 Å². The number of ketones is 1. The number of halogens is 4. The zero-order valence-electron chi connectivity index (χ0n) is 24.0. The first-order chi connectivity index (χ1) is 19.4. The monoisotopic (exact) mass is 548 g/mol. The zero-order chi connectivity index (χ0) is 30.9. The topological polar surface area (TPSA) is 79.7 Å². The van der Waals surface area contributed by atoms with Crippen LogP contribution in [0.1, 0.15) is 62.8 Å². The van der Waals surface area contributed by atoms with E-state index in [1.165, 1.54) is 43.5 Å². The van der Waals surface area contributed by atoms with Crippen molar-refractivity contribution in [2.24, 2.45) is 5.41 Å². The Balaban J connectivity index is 1.77. The summed E-state index contributed by atoms with van der Waals surface area (Å²) in [4.78, 5) is 31.5. The molecule has 1 N–H and O–H groups in total. The van der Waals surface area contributed by atoms with Crippen LogP contribution in [0.2, 0.25) is 5.02 Å². The van der Waals surface area contributed by atoms with Gasteiger partial charge in [0.1, 0.15) is 0 Å². The number of rotatable bonds is 8. The molecule has 2 aliphatic rings. The van der Waals surface area contributed by atoms with E-state index in [0.29, 0.717) is 0 Å². The predicted octanol–water partition coefficient (Wildman–Crippen LogP) is 5.80. The molecule has 1 aliphatic heterocycles. The number of ether oxygens (including phenoxy) is 1. The highest BCUT2D eigenvalue weighted by atomic mass is 35.5. The summed E-state index contributed by atoms with van der Waals surface area (Å²) < 4.78 is 80.0. The lowest BCUT2D eigenvalue weighted by Gasteiger charge is -2.40. The molecule has 1 unspecified atom stereocenters. The van der Waals surface area contributed by atoms with E-state index < -0.39 is 41.9 Å². The number of benzene rings is 2. The van der Waals surface area contributed by atoms with E-state index in [1.54, 1.807) is 0 Å². The number of amides is 1. The van der Waals surface area contributed by atoms with Gasteiger partial charge in [0.05, 0.1) is 29.2 Å². The summed E-state index contributed by atoms with van der Waals surface area (Å²) in [6, 6.07) is 10.7. The number of nitrogens with zero attached hydrogens (tertiary/aromatic N) is 2. The van der Waals surface area contributed by atoms with Gasteiger partial charge in [0, 0.05) is 46.1 Å². The van der Waals surface area contributed by atoms with Gasteiger partial charge in [-0.15, -0.1) is 0 Å². The van der Waals surface area contributed by atoms with Crippen molar-refractivity contribution >= 4 is 29.0 Å². The molecule has 10 heteroatoms. The third-order valence-electron chi connectivity index (χ3n) is 6.68. The van der Waals surface area contributed by atoms with Crippen molar-refractivity contribution in [3.63, 3.8) is 0 Å². The maximum atomic E-state index is 14.1. The fraction of sp³-hybridized carbons (Fsp3) is 0.321. The lowest BCUT2D eigenvalue weighted by molar-refractivity contribution is -0.137. The molecule has 1 aromatic heterocycles. The second-order valence-corrected chi connectivity index (χ2v) is 9.77. The van der Waals surface area contributed by atoms with Gasteiger partial charge in [0.15, 0.2) is 11.5 Å². The molecule has 0 radical (unpaired) electrons. The van der Waals surface area contributed by atoms with Gasteiger partial charge in [-0.05, 0) is 62.2 Å². The van der Waals surface area contributed by atoms with E-state index in [4.69, 9.17) is 21.8 Å². The molecule has 1 atom stereocenters. The summed E-state index contributed by atoms with van der Waals surface area (Å²) in [6.45, 7) is -4.64. The minimum atomic E-state index is -4.67. The second kappa shape index (κ2) is 9.48. The van der Waals surface area contributed by atoms with Crippen molar-refractivity contribution in [3.8, 4) is 0 Å². The van der Waals surface area contributed by atoms with Crippen LogP contribution in [0.15, 0.2) is 60.8 Å². The highest BCUT2D eigenvalue weighted by molar-refractivity contribution is 6.30. The van der Waals surface area contributed by atoms with Crippen molar-refractivity contribution in [1.29, 1.82) is 0 Å². The average Bonchev–Trinajstić information content (AvgIpc) is 3.69. The fourth-order valence-electron chi connectivity index (χ4n) is 4.42. The zero-order valence-corrected chi connectivity index (χ0v) is 20.7. The lowest BCUT2D eigenvalue weighted by atomic mass is 9.93. The number of alkyl halides is 3. The minimum Gasteiger partial charge on any atom is -0.396 e. The number of anilines is 1. The van der Waals surface area contributed by atoms with Crippen LogP contribution in [0.3, 0.4) is 0 Å². The minimum absolute atomic E-state index is 0.0655. The van der Waals surface area contributed by atoms with Crippen LogP contribution in [0, 0.1) is 5.41 Å². The summed E-state index contributed by atoms with van der Waals surface area (Å²) in [7, 11) is 0. The van der Waals surface area contributed by atoms with Crippen LogP contribution < -0.4 is 4.90 Å². The maximum absolute atomic E-state index is 14.1. The van der Waals surface area contributed by atoms with Crippen molar-refractivity contribution < 1.29 is 38.1 Å². The largest absolute Gasteiger partial charge is 0.416 e. The molecule has 1 saturated carbocycles. The van der Waals surface area contributed by atoms with Crippen LogP contribution in [0.4, 0.5) is 18.9 Å². The molecule has 5 rings (SSSR count). The van der Waals surface area contributed by atoms with Gasteiger partial charge >= 0.3 is 6.18 Å². The van der Waals surface area contributed by atoms with Gasteiger partial charge in [0.25, 0.3) is 5.91 Å². The number of aromatic nitrogens is 1. The van der Waals surface area contributed by atoms with Gasteiger partial charge in [-0.1, -0.05) is 23.7 Å². The van der Waals surface area contributed by atoms with Gasteiger partial charge in [0.2, 0.25) is 0 Å². The van der Waals surface area contributed by atoms with E-state index >= 15 is 0 Å². The summed E-state index contributed by atoms with van der Waals surface area (Å²) in [6.07, 6.45) is -3.87. The van der Waals surface area contributed by atoms with Gasteiger partial charge in [-0.2, -0.15) is 13.2 Å². The van der Waals surface area contributed by atoms with Crippen LogP contribution >= 0.6 is 11.6 Å². The Kier molecular flexibility index (Phi) is 5.40. The Morgan fingerprint density at radius 3 is 2.45 bits per heavy atom. The number of fused-ring (bicyclic) bond motifs is 1. The molecule has 2 heterocycles. The molecule has 0 saturated heterocycles. The van der Waals surface area contributed by atoms with Crippen LogP contribution in [0.5, 0.6) is 0 Å². The third kappa shape index (κ3) is 4.70. The Morgan fingerprint density at radius 2 is 1.89 bits per heavy atom. The van der Waals surface area contributed by atoms with E-state index in [1.807, 2.05) is 0 Å². The number of pyridine rings is 1. The van der Waals surface area contributed by atoms with E-state index in [0.717, 1.165) is 29.2 Å². The molecule has 6 nitrogen and oxygen atoms in total. The lowest BCUT2D eigenvalue weighted by Crippen LogP contribution is -2.49. The second-order valence-electron chi connectivity index (χ2n) is 9.33. The van der Waals surface area contributed by atoms with Gasteiger partial charge in [-0.3, -0.25) is 19.5 Å². The number of hydrogen-bond donors (Lipinski definition) is 1. The van der Waals surface area contributed by atoms with Crippen molar-refractivity contribution in [1.82, 2.24) is 4.98 Å². The van der Waals surface area contributed by atoms with Gasteiger partial charge in [-0.25, -0.2) is 0 Å². The molecular formula is C28H24ClF3N2O4. The van der Waals surface area contributed by atoms with E-state index in [-0.39, 0.29) is 58.1 Å². The number of hydrogen-bond acceptors (Lipinski definition) is 5. The average molecular weight is 549 g/mol. The third-order valence-corrected chi connectivity index (χ3v) is 6.91. The molecule has 2 aromatic carbocycles. The first-order valence-electron chi connectivity index (χ1n) is 13.6. The first-order valence-corrected chi connectivity index (χ1v) is 12.0. The SMILES string of the molecule is [2H]C([2H])(O)C1(C([2H])([2H])OC2(Cc3ccc(Cl)cn3)c3ccc(C(C)=O)cc3C(=O)N2c2ccc(C(F)(F)F)cc2)CC1. The van der Waals surface area contributed by atoms with Crippen LogP contribution in [0.25, 0.3) is 0 Å². The molecule has 1 fully saturated rings. The molecule has 38 heavy (non-hydrogen) atoms. The predicted molar refractivity (Wildman–Crippen MR) is 134 cm³/mol. The normalized spacial score (nSPS) is 22.3. The molecule has 198 valence electrons. The number of Topliss-reactive ketones (excluding diaryl/α,β-unsaturated/α-hetero) is 1. The maximum Gasteiger partial charge on any atom is 0.416 e. The molecule has 3 aromatic rings. The van der Waals surface area contributed by atoms with Gasteiger partial charge < -0.3 is 9.84 Å². The summed E-state index contributed by atoms with van der Waals surface area (Å²) in [5.41, 5.74) is -4.81. The quantitative estimate of drug-likeness (QED) is 0.360. The number of aliphatic hydroxyl groups is 1. The standard InChI is InChI=1S/C28H24ClF3N2O4/c1-17(36)18-2-9-24-23(12-18)25(37)34(22-7-3-19(4-8-22)28(30,31)32)27(24,38-16-26(15-35)10-11-26)13-21-6-5-20(29)14-33-21/h2-9,12,14,35H,10-11,13,15-16H2,1H3/i15D2,16D2. The van der Waals surface area contributed by atoms with Crippen molar-refractivity contribution in [2.75, 3.05) is 18.0 Å². The molecule has 0 bridgehead atoms. The molecule has 1 amide bonds. The first kappa shape index (κ1) is 21.6. The number of carbonyl (C=O) groups is 2.